The van der Waals surface area contributed by atoms with Crippen LogP contribution in [0.3, 0.4) is 0 Å². The third-order valence-corrected chi connectivity index (χ3v) is 2.51. The Labute approximate surface area is 89.8 Å². The van der Waals surface area contributed by atoms with Gasteiger partial charge in [-0.2, -0.15) is 0 Å². The van der Waals surface area contributed by atoms with Crippen molar-refractivity contribution in [1.82, 2.24) is 5.32 Å². The lowest BCUT2D eigenvalue weighted by Crippen LogP contribution is -2.40. The molecule has 1 rings (SSSR count). The first-order valence-electron chi connectivity index (χ1n) is 5.26. The fourth-order valence-corrected chi connectivity index (χ4v) is 1.36. The summed E-state index contributed by atoms with van der Waals surface area (Å²) in [7, 11) is 1.66. The summed E-state index contributed by atoms with van der Waals surface area (Å²) in [4.78, 5) is 10.8. The van der Waals surface area contributed by atoms with Gasteiger partial charge in [-0.15, -0.1) is 0 Å². The van der Waals surface area contributed by atoms with E-state index < -0.39 is 11.5 Å². The molecule has 1 fully saturated rings. The summed E-state index contributed by atoms with van der Waals surface area (Å²) in [5.74, 6) is -0.748. The molecule has 0 amide bonds. The summed E-state index contributed by atoms with van der Waals surface area (Å²) in [6, 6.07) is 0. The van der Waals surface area contributed by atoms with Crippen LogP contribution in [0.2, 0.25) is 0 Å². The number of carboxylic acid groups (broad SMARTS) is 1. The molecule has 0 radical (unpaired) electrons. The normalized spacial score (nSPS) is 17.7. The van der Waals surface area contributed by atoms with Gasteiger partial charge in [-0.25, -0.2) is 0 Å². The molecule has 1 saturated carbocycles. The Bertz CT molecular complexity index is 204. The van der Waals surface area contributed by atoms with Crippen LogP contribution in [-0.4, -0.2) is 50.1 Å². The van der Waals surface area contributed by atoms with E-state index in [0.29, 0.717) is 26.4 Å². The molecule has 1 aliphatic rings. The van der Waals surface area contributed by atoms with Gasteiger partial charge in [-0.3, -0.25) is 10.1 Å². The average molecular weight is 217 g/mol. The van der Waals surface area contributed by atoms with Crippen molar-refractivity contribution in [2.24, 2.45) is 0 Å². The third-order valence-electron chi connectivity index (χ3n) is 2.51. The van der Waals surface area contributed by atoms with Crippen molar-refractivity contribution in [3.63, 3.8) is 0 Å². The molecule has 0 aliphatic heterocycles. The Kier molecular flexibility index (Phi) is 5.01. The van der Waals surface area contributed by atoms with E-state index in [4.69, 9.17) is 14.6 Å². The summed E-state index contributed by atoms with van der Waals surface area (Å²) in [6.07, 6.45) is 2.33. The Hall–Kier alpha value is -0.650. The van der Waals surface area contributed by atoms with Crippen molar-refractivity contribution >= 4 is 5.97 Å². The molecule has 0 aromatic rings. The monoisotopic (exact) mass is 217 g/mol. The summed E-state index contributed by atoms with van der Waals surface area (Å²) in [5, 5.41) is 11.9. The molecular weight excluding hydrogens is 198 g/mol. The maximum atomic E-state index is 10.8. The second-order valence-electron chi connectivity index (χ2n) is 3.77. The van der Waals surface area contributed by atoms with E-state index in [2.05, 4.69) is 5.32 Å². The van der Waals surface area contributed by atoms with Crippen LogP contribution < -0.4 is 5.32 Å². The van der Waals surface area contributed by atoms with E-state index in [1.54, 1.807) is 7.11 Å². The lowest BCUT2D eigenvalue weighted by molar-refractivity contribution is -0.140. The van der Waals surface area contributed by atoms with Crippen LogP contribution in [-0.2, 0) is 14.3 Å². The molecule has 88 valence electrons. The molecule has 15 heavy (non-hydrogen) atoms. The lowest BCUT2D eigenvalue weighted by Gasteiger charge is -2.12. The number of hydrogen-bond acceptors (Lipinski definition) is 4. The van der Waals surface area contributed by atoms with Gasteiger partial charge >= 0.3 is 5.97 Å². The van der Waals surface area contributed by atoms with E-state index in [0.717, 1.165) is 19.3 Å². The van der Waals surface area contributed by atoms with Crippen LogP contribution in [0.25, 0.3) is 0 Å². The van der Waals surface area contributed by atoms with Gasteiger partial charge in [0, 0.05) is 26.9 Å². The maximum Gasteiger partial charge on any atom is 0.323 e. The van der Waals surface area contributed by atoms with Gasteiger partial charge in [0.05, 0.1) is 6.61 Å². The molecule has 2 N–H and O–H groups in total. The summed E-state index contributed by atoms with van der Waals surface area (Å²) >= 11 is 0. The molecule has 0 bridgehead atoms. The molecule has 5 heteroatoms. The van der Waals surface area contributed by atoms with Gasteiger partial charge in [0.1, 0.15) is 5.54 Å². The van der Waals surface area contributed by atoms with Crippen molar-refractivity contribution < 1.29 is 19.4 Å². The van der Waals surface area contributed by atoms with Crippen LogP contribution in [0.5, 0.6) is 0 Å². The van der Waals surface area contributed by atoms with E-state index in [-0.39, 0.29) is 0 Å². The van der Waals surface area contributed by atoms with E-state index in [1.165, 1.54) is 0 Å². The first kappa shape index (κ1) is 12.4. The highest BCUT2D eigenvalue weighted by Crippen LogP contribution is 2.35. The minimum Gasteiger partial charge on any atom is -0.480 e. The Morgan fingerprint density at radius 3 is 2.67 bits per heavy atom. The van der Waals surface area contributed by atoms with Gasteiger partial charge in [0.15, 0.2) is 0 Å². The largest absolute Gasteiger partial charge is 0.480 e. The molecule has 0 atom stereocenters. The van der Waals surface area contributed by atoms with Crippen LogP contribution in [0.1, 0.15) is 19.3 Å². The maximum absolute atomic E-state index is 10.8. The fourth-order valence-electron chi connectivity index (χ4n) is 1.36. The van der Waals surface area contributed by atoms with Crippen LogP contribution in [0.4, 0.5) is 0 Å². The molecule has 0 aromatic carbocycles. The highest BCUT2D eigenvalue weighted by molar-refractivity contribution is 5.82. The van der Waals surface area contributed by atoms with E-state index in [1.807, 2.05) is 0 Å². The van der Waals surface area contributed by atoms with Crippen molar-refractivity contribution in [3.8, 4) is 0 Å². The lowest BCUT2D eigenvalue weighted by atomic mass is 10.3. The Balaban J connectivity index is 1.91. The van der Waals surface area contributed by atoms with Crippen molar-refractivity contribution in [3.05, 3.63) is 0 Å². The van der Waals surface area contributed by atoms with E-state index >= 15 is 0 Å². The van der Waals surface area contributed by atoms with Gasteiger partial charge < -0.3 is 14.6 Å². The second kappa shape index (κ2) is 6.05. The van der Waals surface area contributed by atoms with Crippen LogP contribution in [0.15, 0.2) is 0 Å². The fraction of sp³-hybridized carbons (Fsp3) is 0.900. The quantitative estimate of drug-likeness (QED) is 0.542. The van der Waals surface area contributed by atoms with E-state index in [9.17, 15) is 4.79 Å². The molecule has 1 aliphatic carbocycles. The SMILES string of the molecule is COCCCOCCNC1(C(=O)O)CC1. The van der Waals surface area contributed by atoms with Gasteiger partial charge in [-0.1, -0.05) is 0 Å². The highest BCUT2D eigenvalue weighted by atomic mass is 16.5. The number of nitrogens with one attached hydrogen (secondary N) is 1. The Morgan fingerprint density at radius 1 is 1.40 bits per heavy atom. The smallest absolute Gasteiger partial charge is 0.323 e. The van der Waals surface area contributed by atoms with Crippen molar-refractivity contribution in [1.29, 1.82) is 0 Å². The number of carboxylic acids is 1. The number of carbonyl (C=O) groups is 1. The summed E-state index contributed by atoms with van der Waals surface area (Å²) < 4.78 is 10.2. The zero-order valence-corrected chi connectivity index (χ0v) is 9.12. The number of methoxy groups -OCH3 is 1. The van der Waals surface area contributed by atoms with Crippen molar-refractivity contribution in [2.75, 3.05) is 33.5 Å². The highest BCUT2D eigenvalue weighted by Gasteiger charge is 2.49. The Morgan fingerprint density at radius 2 is 2.13 bits per heavy atom. The van der Waals surface area contributed by atoms with Crippen LogP contribution in [0, 0.1) is 0 Å². The molecule has 0 spiro atoms. The minimum absolute atomic E-state index is 0.554. The first-order valence-corrected chi connectivity index (χ1v) is 5.26. The number of ether oxygens (including phenoxy) is 2. The zero-order chi connectivity index (χ0) is 11.1. The number of aliphatic carboxylic acids is 1. The summed E-state index contributed by atoms with van der Waals surface area (Å²) in [6.45, 7) is 2.51. The van der Waals surface area contributed by atoms with Gasteiger partial charge in [0.25, 0.3) is 0 Å². The molecule has 0 unspecified atom stereocenters. The molecule has 0 aromatic heterocycles. The first-order chi connectivity index (χ1) is 7.21. The predicted molar refractivity (Wildman–Crippen MR) is 54.9 cm³/mol. The minimum atomic E-state index is -0.748. The van der Waals surface area contributed by atoms with Gasteiger partial charge in [-0.05, 0) is 19.3 Å². The predicted octanol–water partition coefficient (Wildman–Crippen LogP) is 0.246. The standard InChI is InChI=1S/C10H19NO4/c1-14-6-2-7-15-8-5-11-10(3-4-10)9(12)13/h11H,2-8H2,1H3,(H,12,13). The molecule has 5 nitrogen and oxygen atoms in total. The summed E-state index contributed by atoms with van der Waals surface area (Å²) in [5.41, 5.74) is -0.643. The third kappa shape index (κ3) is 4.15. The number of hydrogen-bond donors (Lipinski definition) is 2. The average Bonchev–Trinajstić information content (AvgIpc) is 2.98. The van der Waals surface area contributed by atoms with Crippen LogP contribution >= 0.6 is 0 Å². The molecular formula is C10H19NO4. The van der Waals surface area contributed by atoms with Crippen molar-refractivity contribution in [2.45, 2.75) is 24.8 Å². The topological polar surface area (TPSA) is 67.8 Å². The van der Waals surface area contributed by atoms with Gasteiger partial charge in [0.2, 0.25) is 0 Å². The second-order valence-corrected chi connectivity index (χ2v) is 3.77. The zero-order valence-electron chi connectivity index (χ0n) is 9.12. The molecule has 0 heterocycles. The number of rotatable bonds is 9. The molecule has 0 saturated heterocycles.